The highest BCUT2D eigenvalue weighted by Crippen LogP contribution is 2.28. The Kier molecular flexibility index (Phi) is 5.74. The molecule has 0 unspecified atom stereocenters. The molecule has 0 atom stereocenters. The first kappa shape index (κ1) is 16.7. The Hall–Kier alpha value is -1.66. The normalized spacial score (nSPS) is 11.1. The summed E-state index contributed by atoms with van der Waals surface area (Å²) in [6.07, 6.45) is 1.61. The maximum absolute atomic E-state index is 12.8. The zero-order valence-electron chi connectivity index (χ0n) is 13.5. The van der Waals surface area contributed by atoms with Crippen LogP contribution in [0.3, 0.4) is 0 Å². The van der Waals surface area contributed by atoms with Crippen molar-refractivity contribution in [2.45, 2.75) is 20.8 Å². The first-order valence-corrected chi connectivity index (χ1v) is 8.14. The van der Waals surface area contributed by atoms with E-state index >= 15 is 0 Å². The molecule has 22 heavy (non-hydrogen) atoms. The molecule has 2 aromatic rings. The van der Waals surface area contributed by atoms with Crippen LogP contribution in [0.4, 0.5) is 0 Å². The highest BCUT2D eigenvalue weighted by atomic mass is 32.1. The number of ether oxygens (including phenoxy) is 1. The first-order chi connectivity index (χ1) is 10.5. The summed E-state index contributed by atoms with van der Waals surface area (Å²) in [6, 6.07) is 3.67. The fourth-order valence-corrected chi connectivity index (χ4v) is 3.04. The highest BCUT2D eigenvalue weighted by molar-refractivity contribution is 7.15. The third kappa shape index (κ3) is 3.96. The third-order valence-corrected chi connectivity index (χ3v) is 4.15. The Morgan fingerprint density at radius 2 is 2.27 bits per heavy atom. The Balaban J connectivity index is 2.22. The fraction of sp³-hybridized carbons (Fsp3) is 0.500. The van der Waals surface area contributed by atoms with Gasteiger partial charge < -0.3 is 14.1 Å². The molecular weight excluding hydrogens is 300 g/mol. The zero-order valence-corrected chi connectivity index (χ0v) is 14.3. The summed E-state index contributed by atoms with van der Waals surface area (Å²) in [5.41, 5.74) is 0.508. The minimum atomic E-state index is -0.0442. The first-order valence-electron chi connectivity index (χ1n) is 7.32. The van der Waals surface area contributed by atoms with E-state index < -0.39 is 0 Å². The van der Waals surface area contributed by atoms with Crippen molar-refractivity contribution in [2.75, 3.05) is 26.8 Å². The molecule has 0 bridgehead atoms. The number of thiazole rings is 1. The van der Waals surface area contributed by atoms with E-state index in [2.05, 4.69) is 18.8 Å². The Bertz CT molecular complexity index is 605. The van der Waals surface area contributed by atoms with Crippen LogP contribution in [0.15, 0.2) is 22.8 Å². The molecule has 0 aliphatic rings. The van der Waals surface area contributed by atoms with Gasteiger partial charge in [-0.1, -0.05) is 13.8 Å². The number of hydrogen-bond acceptors (Lipinski definition) is 5. The van der Waals surface area contributed by atoms with Gasteiger partial charge in [0, 0.05) is 25.1 Å². The van der Waals surface area contributed by atoms with Crippen molar-refractivity contribution in [3.8, 4) is 10.8 Å². The maximum Gasteiger partial charge on any atom is 0.273 e. The van der Waals surface area contributed by atoms with Gasteiger partial charge in [0.15, 0.2) is 10.8 Å². The van der Waals surface area contributed by atoms with E-state index in [1.807, 2.05) is 24.0 Å². The lowest BCUT2D eigenvalue weighted by Crippen LogP contribution is -2.37. The van der Waals surface area contributed by atoms with Crippen LogP contribution < -0.4 is 0 Å². The van der Waals surface area contributed by atoms with Gasteiger partial charge in [-0.3, -0.25) is 4.79 Å². The number of methoxy groups -OCH3 is 1. The minimum absolute atomic E-state index is 0.0442. The summed E-state index contributed by atoms with van der Waals surface area (Å²) in [6.45, 7) is 7.88. The lowest BCUT2D eigenvalue weighted by molar-refractivity contribution is 0.0666. The van der Waals surface area contributed by atoms with Gasteiger partial charge in [-0.15, -0.1) is 11.3 Å². The van der Waals surface area contributed by atoms with E-state index in [0.29, 0.717) is 37.1 Å². The molecule has 0 N–H and O–H groups in total. The molecule has 1 amide bonds. The summed E-state index contributed by atoms with van der Waals surface area (Å²) < 4.78 is 10.5. The number of carbonyl (C=O) groups is 1. The lowest BCUT2D eigenvalue weighted by Gasteiger charge is -2.23. The minimum Gasteiger partial charge on any atom is -0.462 e. The summed E-state index contributed by atoms with van der Waals surface area (Å²) in [4.78, 5) is 20.0. The number of rotatable bonds is 7. The molecule has 0 saturated carbocycles. The van der Waals surface area contributed by atoms with Gasteiger partial charge in [-0.2, -0.15) is 0 Å². The summed E-state index contributed by atoms with van der Waals surface area (Å²) >= 11 is 1.48. The van der Waals surface area contributed by atoms with Crippen LogP contribution in [0.2, 0.25) is 0 Å². The van der Waals surface area contributed by atoms with Crippen molar-refractivity contribution in [1.82, 2.24) is 9.88 Å². The average Bonchev–Trinajstić information content (AvgIpc) is 3.11. The molecule has 0 aromatic carbocycles. The molecule has 2 heterocycles. The van der Waals surface area contributed by atoms with Crippen LogP contribution in [0.1, 0.15) is 29.2 Å². The standard InChI is InChI=1S/C16H22N2O3S/c1-11(2)10-18(7-9-20-4)16(19)14-12(3)22-15(17-14)13-6-5-8-21-13/h5-6,8,11H,7,9-10H2,1-4H3. The molecule has 120 valence electrons. The van der Waals surface area contributed by atoms with Gasteiger partial charge in [0.1, 0.15) is 5.69 Å². The van der Waals surface area contributed by atoms with Gasteiger partial charge >= 0.3 is 0 Å². The van der Waals surface area contributed by atoms with Crippen molar-refractivity contribution < 1.29 is 13.9 Å². The van der Waals surface area contributed by atoms with Gasteiger partial charge in [0.25, 0.3) is 5.91 Å². The average molecular weight is 322 g/mol. The monoisotopic (exact) mass is 322 g/mol. The second-order valence-electron chi connectivity index (χ2n) is 5.54. The quantitative estimate of drug-likeness (QED) is 0.783. The number of furan rings is 1. The number of aryl methyl sites for hydroxylation is 1. The van der Waals surface area contributed by atoms with Gasteiger partial charge in [-0.05, 0) is 25.0 Å². The summed E-state index contributed by atoms with van der Waals surface area (Å²) in [5, 5.41) is 0.738. The van der Waals surface area contributed by atoms with Gasteiger partial charge in [-0.25, -0.2) is 4.98 Å². The fourth-order valence-electron chi connectivity index (χ4n) is 2.17. The Morgan fingerprint density at radius 3 is 2.86 bits per heavy atom. The van der Waals surface area contributed by atoms with E-state index in [4.69, 9.17) is 9.15 Å². The molecule has 6 heteroatoms. The molecule has 0 aliphatic heterocycles. The van der Waals surface area contributed by atoms with Gasteiger partial charge in [0.2, 0.25) is 0 Å². The summed E-state index contributed by atoms with van der Waals surface area (Å²) in [5.74, 6) is 1.04. The summed E-state index contributed by atoms with van der Waals surface area (Å²) in [7, 11) is 1.64. The van der Waals surface area contributed by atoms with E-state index in [1.165, 1.54) is 11.3 Å². The molecule has 2 rings (SSSR count). The van der Waals surface area contributed by atoms with Crippen molar-refractivity contribution in [2.24, 2.45) is 5.92 Å². The maximum atomic E-state index is 12.8. The molecule has 0 saturated heterocycles. The molecule has 0 aliphatic carbocycles. The Labute approximate surface area is 134 Å². The van der Waals surface area contributed by atoms with Gasteiger partial charge in [0.05, 0.1) is 12.9 Å². The molecule has 0 radical (unpaired) electrons. The predicted molar refractivity (Wildman–Crippen MR) is 87.2 cm³/mol. The van der Waals surface area contributed by atoms with E-state index in [-0.39, 0.29) is 5.91 Å². The molecule has 0 fully saturated rings. The van der Waals surface area contributed by atoms with Crippen LogP contribution >= 0.6 is 11.3 Å². The SMILES string of the molecule is COCCN(CC(C)C)C(=O)c1nc(-c2ccco2)sc1C. The highest BCUT2D eigenvalue weighted by Gasteiger charge is 2.23. The largest absolute Gasteiger partial charge is 0.462 e. The second kappa shape index (κ2) is 7.56. The number of carbonyl (C=O) groups excluding carboxylic acids is 1. The zero-order chi connectivity index (χ0) is 16.1. The number of nitrogens with zero attached hydrogens (tertiary/aromatic N) is 2. The molecule has 5 nitrogen and oxygen atoms in total. The van der Waals surface area contributed by atoms with E-state index in [9.17, 15) is 4.79 Å². The van der Waals surface area contributed by atoms with Crippen LogP contribution in [0, 0.1) is 12.8 Å². The number of aromatic nitrogens is 1. The molecule has 0 spiro atoms. The van der Waals surface area contributed by atoms with Crippen LogP contribution in [-0.4, -0.2) is 42.6 Å². The number of hydrogen-bond donors (Lipinski definition) is 0. The molecule has 2 aromatic heterocycles. The third-order valence-electron chi connectivity index (χ3n) is 3.17. The van der Waals surface area contributed by atoms with E-state index in [1.54, 1.807) is 13.4 Å². The van der Waals surface area contributed by atoms with Crippen molar-refractivity contribution in [3.05, 3.63) is 29.0 Å². The number of amides is 1. The van der Waals surface area contributed by atoms with Crippen molar-refractivity contribution in [3.63, 3.8) is 0 Å². The van der Waals surface area contributed by atoms with Crippen LogP contribution in [0.25, 0.3) is 10.8 Å². The Morgan fingerprint density at radius 1 is 1.50 bits per heavy atom. The topological polar surface area (TPSA) is 55.6 Å². The van der Waals surface area contributed by atoms with Crippen molar-refractivity contribution >= 4 is 17.2 Å². The van der Waals surface area contributed by atoms with Crippen LogP contribution in [0.5, 0.6) is 0 Å². The van der Waals surface area contributed by atoms with Crippen LogP contribution in [-0.2, 0) is 4.74 Å². The predicted octanol–water partition coefficient (Wildman–Crippen LogP) is 3.46. The lowest BCUT2D eigenvalue weighted by atomic mass is 10.2. The van der Waals surface area contributed by atoms with E-state index in [0.717, 1.165) is 9.88 Å². The smallest absolute Gasteiger partial charge is 0.273 e. The second-order valence-corrected chi connectivity index (χ2v) is 6.74. The molecular formula is C16H22N2O3S. The van der Waals surface area contributed by atoms with Crippen molar-refractivity contribution in [1.29, 1.82) is 0 Å².